The Morgan fingerprint density at radius 1 is 0.952 bits per heavy atom. The minimum Gasteiger partial charge on any atom is -0.274 e. The standard InChI is InChI=1S/C18H19NO2/c1-2-11-3-9-14(10-4-11)19-17(20)15-12-5-6-13(8-7-12)16(15)18(19)21/h3-6,9-10,12-13,15-16H,2,7-8H2,1H3/t12-,13-,15+,16+/m0/s1. The van der Waals surface area contributed by atoms with Gasteiger partial charge in [0.1, 0.15) is 0 Å². The number of fused-ring (bicyclic) bond motifs is 1. The summed E-state index contributed by atoms with van der Waals surface area (Å²) in [6.07, 6.45) is 7.36. The number of carbonyl (C=O) groups is 2. The lowest BCUT2D eigenvalue weighted by molar-refractivity contribution is -0.124. The highest BCUT2D eigenvalue weighted by Crippen LogP contribution is 2.50. The molecule has 1 heterocycles. The number of carbonyl (C=O) groups excluding carboxylic acids is 2. The van der Waals surface area contributed by atoms with Crippen LogP contribution in [-0.2, 0) is 16.0 Å². The van der Waals surface area contributed by atoms with Crippen LogP contribution in [0.15, 0.2) is 36.4 Å². The van der Waals surface area contributed by atoms with Crippen molar-refractivity contribution in [2.24, 2.45) is 23.7 Å². The maximum Gasteiger partial charge on any atom is 0.238 e. The molecule has 5 rings (SSSR count). The molecule has 1 aliphatic heterocycles. The van der Waals surface area contributed by atoms with Crippen LogP contribution in [0.3, 0.4) is 0 Å². The second-order valence-corrected chi connectivity index (χ2v) is 6.37. The summed E-state index contributed by atoms with van der Waals surface area (Å²) in [5.74, 6) is 0.300. The van der Waals surface area contributed by atoms with Crippen molar-refractivity contribution < 1.29 is 9.59 Å². The maximum absolute atomic E-state index is 12.8. The molecule has 0 aromatic heterocycles. The van der Waals surface area contributed by atoms with Crippen molar-refractivity contribution in [3.8, 4) is 0 Å². The van der Waals surface area contributed by atoms with Crippen molar-refractivity contribution in [2.75, 3.05) is 4.90 Å². The van der Waals surface area contributed by atoms with Crippen LogP contribution in [0, 0.1) is 23.7 Å². The predicted molar refractivity (Wildman–Crippen MR) is 80.6 cm³/mol. The number of imide groups is 1. The van der Waals surface area contributed by atoms with Gasteiger partial charge in [-0.1, -0.05) is 31.2 Å². The van der Waals surface area contributed by atoms with Crippen molar-refractivity contribution >= 4 is 17.5 Å². The average Bonchev–Trinajstić information content (AvgIpc) is 2.82. The number of rotatable bonds is 2. The zero-order valence-electron chi connectivity index (χ0n) is 12.2. The lowest BCUT2D eigenvalue weighted by atomic mass is 9.63. The van der Waals surface area contributed by atoms with Gasteiger partial charge in [-0.25, -0.2) is 0 Å². The van der Waals surface area contributed by atoms with Crippen LogP contribution < -0.4 is 4.90 Å². The second kappa shape index (κ2) is 4.55. The Hall–Kier alpha value is -1.90. The third kappa shape index (κ3) is 1.73. The van der Waals surface area contributed by atoms with Gasteiger partial charge in [-0.3, -0.25) is 14.5 Å². The van der Waals surface area contributed by atoms with E-state index in [-0.39, 0.29) is 35.5 Å². The minimum absolute atomic E-state index is 0.00768. The first-order valence-electron chi connectivity index (χ1n) is 7.85. The summed E-state index contributed by atoms with van der Waals surface area (Å²) in [5, 5.41) is 0. The zero-order chi connectivity index (χ0) is 14.6. The Kier molecular flexibility index (Phi) is 2.78. The monoisotopic (exact) mass is 281 g/mol. The Bertz CT molecular complexity index is 599. The van der Waals surface area contributed by atoms with E-state index in [0.29, 0.717) is 0 Å². The summed E-state index contributed by atoms with van der Waals surface area (Å²) in [7, 11) is 0. The SMILES string of the molecule is CCc1ccc(N2C(=O)[C@H]3[C@H](C2=O)[C@H]2C=C[C@H]3CC2)cc1. The summed E-state index contributed by atoms with van der Waals surface area (Å²) < 4.78 is 0. The summed E-state index contributed by atoms with van der Waals surface area (Å²) in [5.41, 5.74) is 1.95. The van der Waals surface area contributed by atoms with Gasteiger partial charge in [0, 0.05) is 0 Å². The molecule has 4 aliphatic rings. The van der Waals surface area contributed by atoms with Gasteiger partial charge in [0.05, 0.1) is 17.5 Å². The topological polar surface area (TPSA) is 37.4 Å². The first kappa shape index (κ1) is 12.8. The van der Waals surface area contributed by atoms with Crippen LogP contribution in [0.5, 0.6) is 0 Å². The third-order valence-corrected chi connectivity index (χ3v) is 5.36. The molecule has 1 saturated heterocycles. The molecule has 1 aromatic rings. The number of anilines is 1. The first-order valence-corrected chi connectivity index (χ1v) is 7.85. The molecule has 21 heavy (non-hydrogen) atoms. The van der Waals surface area contributed by atoms with Crippen LogP contribution in [0.2, 0.25) is 0 Å². The number of hydrogen-bond donors (Lipinski definition) is 0. The lowest BCUT2D eigenvalue weighted by Crippen LogP contribution is -2.38. The van der Waals surface area contributed by atoms with Crippen LogP contribution in [-0.4, -0.2) is 11.8 Å². The molecule has 2 fully saturated rings. The molecule has 4 atom stereocenters. The van der Waals surface area contributed by atoms with Crippen LogP contribution in [0.25, 0.3) is 0 Å². The van der Waals surface area contributed by atoms with Crippen LogP contribution in [0.4, 0.5) is 5.69 Å². The van der Waals surface area contributed by atoms with E-state index in [9.17, 15) is 9.59 Å². The van der Waals surface area contributed by atoms with Crippen molar-refractivity contribution in [1.82, 2.24) is 0 Å². The lowest BCUT2D eigenvalue weighted by Gasteiger charge is -2.38. The quantitative estimate of drug-likeness (QED) is 0.617. The van der Waals surface area contributed by atoms with Crippen molar-refractivity contribution in [3.63, 3.8) is 0 Å². The highest BCUT2D eigenvalue weighted by atomic mass is 16.2. The average molecular weight is 281 g/mol. The molecule has 0 spiro atoms. The Labute approximate surface area is 124 Å². The highest BCUT2D eigenvalue weighted by molar-refractivity contribution is 6.22. The number of allylic oxidation sites excluding steroid dienone is 2. The molecular formula is C18H19NO2. The van der Waals surface area contributed by atoms with E-state index in [4.69, 9.17) is 0 Å². The van der Waals surface area contributed by atoms with Crippen LogP contribution >= 0.6 is 0 Å². The largest absolute Gasteiger partial charge is 0.274 e. The molecule has 108 valence electrons. The van der Waals surface area contributed by atoms with E-state index >= 15 is 0 Å². The van der Waals surface area contributed by atoms with Crippen molar-refractivity contribution in [2.45, 2.75) is 26.2 Å². The zero-order valence-corrected chi connectivity index (χ0v) is 12.2. The van der Waals surface area contributed by atoms with Gasteiger partial charge in [-0.15, -0.1) is 0 Å². The number of aryl methyl sites for hydroxylation is 1. The molecule has 1 aromatic carbocycles. The fourth-order valence-electron chi connectivity index (χ4n) is 4.21. The first-order chi connectivity index (χ1) is 10.2. The number of benzene rings is 1. The number of nitrogens with zero attached hydrogens (tertiary/aromatic N) is 1. The molecule has 1 saturated carbocycles. The van der Waals surface area contributed by atoms with E-state index in [1.165, 1.54) is 10.5 Å². The van der Waals surface area contributed by atoms with Gasteiger partial charge >= 0.3 is 0 Å². The van der Waals surface area contributed by atoms with Gasteiger partial charge in [-0.2, -0.15) is 0 Å². The summed E-state index contributed by atoms with van der Waals surface area (Å²) >= 11 is 0. The Morgan fingerprint density at radius 3 is 1.90 bits per heavy atom. The molecule has 0 N–H and O–H groups in total. The number of amides is 2. The molecule has 3 heteroatoms. The summed E-state index contributed by atoms with van der Waals surface area (Å²) in [4.78, 5) is 27.0. The van der Waals surface area contributed by atoms with Gasteiger partial charge in [0.15, 0.2) is 0 Å². The summed E-state index contributed by atoms with van der Waals surface area (Å²) in [6.45, 7) is 2.10. The fourth-order valence-corrected chi connectivity index (χ4v) is 4.21. The molecule has 0 unspecified atom stereocenters. The van der Waals surface area contributed by atoms with Gasteiger partial charge in [0.2, 0.25) is 11.8 Å². The normalized spacial score (nSPS) is 33.7. The van der Waals surface area contributed by atoms with Gasteiger partial charge < -0.3 is 0 Å². The van der Waals surface area contributed by atoms with E-state index in [0.717, 1.165) is 24.9 Å². The molecule has 2 bridgehead atoms. The predicted octanol–water partition coefficient (Wildman–Crippen LogP) is 2.95. The van der Waals surface area contributed by atoms with Gasteiger partial charge in [0.25, 0.3) is 0 Å². The second-order valence-electron chi connectivity index (χ2n) is 6.37. The molecule has 3 aliphatic carbocycles. The molecule has 3 nitrogen and oxygen atoms in total. The molecular weight excluding hydrogens is 262 g/mol. The van der Waals surface area contributed by atoms with E-state index in [2.05, 4.69) is 19.1 Å². The number of hydrogen-bond acceptors (Lipinski definition) is 2. The fraction of sp³-hybridized carbons (Fsp3) is 0.444. The Balaban J connectivity index is 1.71. The Morgan fingerprint density at radius 2 is 1.48 bits per heavy atom. The van der Waals surface area contributed by atoms with Crippen molar-refractivity contribution in [3.05, 3.63) is 42.0 Å². The molecule has 2 amide bonds. The van der Waals surface area contributed by atoms with E-state index in [1.807, 2.05) is 24.3 Å². The third-order valence-electron chi connectivity index (χ3n) is 5.36. The van der Waals surface area contributed by atoms with Crippen molar-refractivity contribution in [1.29, 1.82) is 0 Å². The summed E-state index contributed by atoms with van der Waals surface area (Å²) in [6, 6.07) is 7.82. The minimum atomic E-state index is -0.118. The van der Waals surface area contributed by atoms with E-state index < -0.39 is 0 Å². The molecule has 0 radical (unpaired) electrons. The van der Waals surface area contributed by atoms with Crippen LogP contribution in [0.1, 0.15) is 25.3 Å². The van der Waals surface area contributed by atoms with Gasteiger partial charge in [-0.05, 0) is 48.8 Å². The maximum atomic E-state index is 12.8. The highest BCUT2D eigenvalue weighted by Gasteiger charge is 2.56. The smallest absolute Gasteiger partial charge is 0.238 e. The van der Waals surface area contributed by atoms with E-state index in [1.54, 1.807) is 0 Å².